The molecule has 0 radical (unpaired) electrons. The molecule has 1 fully saturated rings. The molecular formula is C26H31N7O2. The van der Waals surface area contributed by atoms with E-state index in [1.54, 1.807) is 12.1 Å². The second-order valence-corrected chi connectivity index (χ2v) is 9.10. The van der Waals surface area contributed by atoms with Gasteiger partial charge in [-0.05, 0) is 56.8 Å². The van der Waals surface area contributed by atoms with E-state index in [9.17, 15) is 10.1 Å². The van der Waals surface area contributed by atoms with E-state index in [4.69, 9.17) is 10.5 Å². The van der Waals surface area contributed by atoms with Crippen molar-refractivity contribution in [3.8, 4) is 11.8 Å². The molecule has 182 valence electrons. The molecule has 1 aliphatic heterocycles. The average molecular weight is 474 g/mol. The Hall–Kier alpha value is -3.90. The van der Waals surface area contributed by atoms with Gasteiger partial charge in [-0.25, -0.2) is 4.98 Å². The molecule has 1 unspecified atom stereocenters. The van der Waals surface area contributed by atoms with Crippen LogP contribution in [0.2, 0.25) is 0 Å². The van der Waals surface area contributed by atoms with Crippen molar-refractivity contribution in [3.63, 3.8) is 0 Å². The van der Waals surface area contributed by atoms with Gasteiger partial charge in [0.25, 0.3) is 5.91 Å². The van der Waals surface area contributed by atoms with Crippen molar-refractivity contribution < 1.29 is 9.53 Å². The summed E-state index contributed by atoms with van der Waals surface area (Å²) < 4.78 is 5.66. The Morgan fingerprint density at radius 3 is 2.51 bits per heavy atom. The Morgan fingerprint density at radius 1 is 1.14 bits per heavy atom. The van der Waals surface area contributed by atoms with Crippen molar-refractivity contribution in [1.29, 1.82) is 5.26 Å². The van der Waals surface area contributed by atoms with Crippen molar-refractivity contribution in [2.75, 3.05) is 43.9 Å². The monoisotopic (exact) mass is 473 g/mol. The van der Waals surface area contributed by atoms with Crippen LogP contribution in [0.3, 0.4) is 0 Å². The van der Waals surface area contributed by atoms with Gasteiger partial charge in [0.05, 0.1) is 17.7 Å². The molecule has 35 heavy (non-hydrogen) atoms. The number of hydrogen-bond donors (Lipinski definition) is 2. The zero-order chi connectivity index (χ0) is 24.9. The Morgan fingerprint density at radius 2 is 1.86 bits per heavy atom. The molecule has 2 heterocycles. The molecule has 0 saturated carbocycles. The lowest BCUT2D eigenvalue weighted by Crippen LogP contribution is -2.45. The molecule has 1 atom stereocenters. The van der Waals surface area contributed by atoms with Gasteiger partial charge in [0.15, 0.2) is 0 Å². The van der Waals surface area contributed by atoms with Crippen molar-refractivity contribution in [2.45, 2.75) is 32.4 Å². The van der Waals surface area contributed by atoms with Crippen LogP contribution in [0.1, 0.15) is 29.8 Å². The largest absolute Gasteiger partial charge is 0.491 e. The zero-order valence-corrected chi connectivity index (χ0v) is 20.4. The Bertz CT molecular complexity index is 1230. The van der Waals surface area contributed by atoms with Crippen LogP contribution in [0.5, 0.6) is 5.75 Å². The second-order valence-electron chi connectivity index (χ2n) is 9.10. The molecule has 0 bridgehead atoms. The molecule has 9 nitrogen and oxygen atoms in total. The Balaban J connectivity index is 1.48. The quantitative estimate of drug-likeness (QED) is 0.537. The van der Waals surface area contributed by atoms with E-state index in [0.717, 1.165) is 48.7 Å². The van der Waals surface area contributed by atoms with Crippen LogP contribution >= 0.6 is 0 Å². The van der Waals surface area contributed by atoms with Gasteiger partial charge in [0.2, 0.25) is 5.95 Å². The fraction of sp³-hybridized carbons (Fsp3) is 0.385. The number of nitriles is 1. The summed E-state index contributed by atoms with van der Waals surface area (Å²) in [5.74, 6) is 1.39. The highest BCUT2D eigenvalue weighted by molar-refractivity contribution is 6.00. The maximum atomic E-state index is 13.0. The van der Waals surface area contributed by atoms with E-state index < -0.39 is 6.04 Å². The predicted molar refractivity (Wildman–Crippen MR) is 136 cm³/mol. The molecule has 9 heteroatoms. The molecule has 0 spiro atoms. The third kappa shape index (κ3) is 5.97. The number of fused-ring (bicyclic) bond motifs is 1. The van der Waals surface area contributed by atoms with Crippen LogP contribution in [-0.4, -0.2) is 66.1 Å². The van der Waals surface area contributed by atoms with Crippen LogP contribution in [0.15, 0.2) is 42.5 Å². The van der Waals surface area contributed by atoms with Gasteiger partial charge >= 0.3 is 0 Å². The van der Waals surface area contributed by atoms with Gasteiger partial charge in [-0.1, -0.05) is 12.1 Å². The average Bonchev–Trinajstić information content (AvgIpc) is 2.84. The summed E-state index contributed by atoms with van der Waals surface area (Å²) in [6.07, 6.45) is 0.479. The van der Waals surface area contributed by atoms with E-state index in [1.807, 2.05) is 44.2 Å². The van der Waals surface area contributed by atoms with Gasteiger partial charge < -0.3 is 25.6 Å². The van der Waals surface area contributed by atoms with Crippen molar-refractivity contribution in [2.24, 2.45) is 0 Å². The second kappa shape index (κ2) is 10.6. The minimum atomic E-state index is -0.675. The molecule has 3 N–H and O–H groups in total. The van der Waals surface area contributed by atoms with E-state index in [0.29, 0.717) is 17.5 Å². The van der Waals surface area contributed by atoms with Crippen molar-refractivity contribution in [1.82, 2.24) is 20.2 Å². The molecular weight excluding hydrogens is 442 g/mol. The first kappa shape index (κ1) is 24.2. The van der Waals surface area contributed by atoms with Crippen molar-refractivity contribution >= 4 is 28.6 Å². The molecule has 0 aliphatic carbocycles. The van der Waals surface area contributed by atoms with Gasteiger partial charge in [0, 0.05) is 43.5 Å². The number of nitrogens with one attached hydrogen (secondary N) is 1. The third-order valence-electron chi connectivity index (χ3n) is 5.96. The number of carbonyl (C=O) groups is 1. The first-order valence-electron chi connectivity index (χ1n) is 11.8. The zero-order valence-electron chi connectivity index (χ0n) is 20.4. The summed E-state index contributed by atoms with van der Waals surface area (Å²) in [6, 6.07) is 14.4. The summed E-state index contributed by atoms with van der Waals surface area (Å²) in [4.78, 5) is 26.3. The lowest BCUT2D eigenvalue weighted by Gasteiger charge is -2.33. The smallest absolute Gasteiger partial charge is 0.252 e. The first-order valence-corrected chi connectivity index (χ1v) is 11.8. The van der Waals surface area contributed by atoms with Crippen LogP contribution in [0, 0.1) is 11.3 Å². The number of piperazine rings is 1. The maximum Gasteiger partial charge on any atom is 0.252 e. The third-order valence-corrected chi connectivity index (χ3v) is 5.96. The van der Waals surface area contributed by atoms with Crippen LogP contribution in [0.25, 0.3) is 10.9 Å². The Labute approximate surface area is 205 Å². The number of amides is 1. The van der Waals surface area contributed by atoms with Crippen LogP contribution < -0.4 is 20.7 Å². The number of nitrogen functional groups attached to an aromatic ring is 1. The number of hydrogen-bond acceptors (Lipinski definition) is 8. The highest BCUT2D eigenvalue weighted by Crippen LogP contribution is 2.26. The molecule has 4 rings (SSSR count). The number of nitrogens with zero attached hydrogens (tertiary/aromatic N) is 5. The van der Waals surface area contributed by atoms with Gasteiger partial charge in [-0.3, -0.25) is 4.79 Å². The lowest BCUT2D eigenvalue weighted by molar-refractivity contribution is 0.0945. The minimum Gasteiger partial charge on any atom is -0.491 e. The standard InChI is InChI=1S/C26H31N7O2/c1-17(2)35-21-7-4-18(5-8-21)14-20(16-27)29-25(34)19-6-9-22-23(15-19)30-26(28)31-24(22)33-12-10-32(3)11-13-33/h4-9,15,17,20H,10-14H2,1-3H3,(H,29,34)(H2,28,30,31). The first-order chi connectivity index (χ1) is 16.8. The van der Waals surface area contributed by atoms with Crippen molar-refractivity contribution in [3.05, 3.63) is 53.6 Å². The number of carbonyl (C=O) groups excluding carboxylic acids is 1. The van der Waals surface area contributed by atoms with Gasteiger partial charge in [-0.15, -0.1) is 0 Å². The maximum absolute atomic E-state index is 13.0. The number of likely N-dealkylation sites (N-methyl/N-ethyl adjacent to an activating group) is 1. The summed E-state index contributed by atoms with van der Waals surface area (Å²) in [7, 11) is 2.10. The van der Waals surface area contributed by atoms with E-state index in [2.05, 4.69) is 38.2 Å². The van der Waals surface area contributed by atoms with Crippen LogP contribution in [-0.2, 0) is 6.42 Å². The summed E-state index contributed by atoms with van der Waals surface area (Å²) in [5.41, 5.74) is 7.95. The number of ether oxygens (including phenoxy) is 1. The van der Waals surface area contributed by atoms with E-state index in [1.165, 1.54) is 0 Å². The number of anilines is 2. The van der Waals surface area contributed by atoms with Crippen LogP contribution in [0.4, 0.5) is 11.8 Å². The van der Waals surface area contributed by atoms with Gasteiger partial charge in [0.1, 0.15) is 17.6 Å². The number of aromatic nitrogens is 2. The fourth-order valence-electron chi connectivity index (χ4n) is 4.11. The van der Waals surface area contributed by atoms with E-state index >= 15 is 0 Å². The molecule has 1 amide bonds. The topological polar surface area (TPSA) is 120 Å². The van der Waals surface area contributed by atoms with Gasteiger partial charge in [-0.2, -0.15) is 10.2 Å². The number of rotatable bonds is 7. The summed E-state index contributed by atoms with van der Waals surface area (Å²) >= 11 is 0. The molecule has 2 aromatic carbocycles. The minimum absolute atomic E-state index is 0.0900. The summed E-state index contributed by atoms with van der Waals surface area (Å²) in [5, 5.41) is 13.3. The Kier molecular flexibility index (Phi) is 7.32. The highest BCUT2D eigenvalue weighted by Gasteiger charge is 2.20. The summed E-state index contributed by atoms with van der Waals surface area (Å²) in [6.45, 7) is 7.51. The number of nitrogens with two attached hydrogens (primary N) is 1. The number of benzene rings is 2. The normalized spacial score (nSPS) is 15.1. The molecule has 1 aliphatic rings. The van der Waals surface area contributed by atoms with E-state index in [-0.39, 0.29) is 18.0 Å². The molecule has 1 aromatic heterocycles. The molecule has 3 aromatic rings. The SMILES string of the molecule is CC(C)Oc1ccc(CC(C#N)NC(=O)c2ccc3c(N4CCN(C)CC4)nc(N)nc3c2)cc1. The fourth-order valence-corrected chi connectivity index (χ4v) is 4.11. The lowest BCUT2D eigenvalue weighted by atomic mass is 10.1. The molecule has 1 saturated heterocycles. The predicted octanol–water partition coefficient (Wildman–Crippen LogP) is 2.62. The highest BCUT2D eigenvalue weighted by atomic mass is 16.5.